The maximum absolute atomic E-state index is 12.8. The number of para-hydroxylation sites is 1. The number of esters is 1. The molecule has 2 aliphatic carbocycles. The summed E-state index contributed by atoms with van der Waals surface area (Å²) in [4.78, 5) is 51.2. The van der Waals surface area contributed by atoms with Crippen LogP contribution >= 0.6 is 31.9 Å². The van der Waals surface area contributed by atoms with E-state index >= 15 is 0 Å². The number of carbonyl (C=O) groups is 4. The number of alkyl halides is 2. The standard InChI is InChI=1S/C21H22Br2N2O5/c1-10-4-2-3-5-13(10)24-14(26)9-30-15(27)6-7-25-20(28)16-11-8-12(17(16)21(25)29)19(23)18(11)22/h2-5,11-12,16-19H,6-9H2,1H3,(H,24,26)/t11-,12-,16-,17-,18+,19+/m1/s1. The number of nitrogens with zero attached hydrogens (tertiary/aromatic N) is 1. The summed E-state index contributed by atoms with van der Waals surface area (Å²) in [5.74, 6) is -1.74. The number of hydrogen-bond donors (Lipinski definition) is 1. The van der Waals surface area contributed by atoms with Gasteiger partial charge in [0.05, 0.1) is 18.3 Å². The molecule has 6 atom stereocenters. The van der Waals surface area contributed by atoms with Crippen molar-refractivity contribution in [2.45, 2.75) is 29.4 Å². The van der Waals surface area contributed by atoms with Gasteiger partial charge in [-0.15, -0.1) is 0 Å². The van der Waals surface area contributed by atoms with Crippen molar-refractivity contribution in [3.8, 4) is 0 Å². The molecule has 7 nitrogen and oxygen atoms in total. The molecular weight excluding hydrogens is 520 g/mol. The third-order valence-corrected chi connectivity index (χ3v) is 9.61. The number of halogens is 2. The Morgan fingerprint density at radius 2 is 1.70 bits per heavy atom. The molecule has 3 fully saturated rings. The summed E-state index contributed by atoms with van der Waals surface area (Å²) in [5, 5.41) is 2.68. The average molecular weight is 542 g/mol. The Labute approximate surface area is 191 Å². The minimum absolute atomic E-state index is 0.0116. The predicted molar refractivity (Wildman–Crippen MR) is 116 cm³/mol. The smallest absolute Gasteiger partial charge is 0.308 e. The van der Waals surface area contributed by atoms with Crippen LogP contribution in [0.4, 0.5) is 5.69 Å². The SMILES string of the molecule is Cc1ccccc1NC(=O)COC(=O)CCN1C(=O)[C@@H]2[C@H]3C[C@@H]([C@H](Br)[C@H]3Br)[C@H]2C1=O. The summed E-state index contributed by atoms with van der Waals surface area (Å²) in [7, 11) is 0. The van der Waals surface area contributed by atoms with Crippen molar-refractivity contribution in [1.82, 2.24) is 4.90 Å². The van der Waals surface area contributed by atoms with Crippen LogP contribution in [0.15, 0.2) is 24.3 Å². The number of anilines is 1. The van der Waals surface area contributed by atoms with Gasteiger partial charge in [-0.3, -0.25) is 24.1 Å². The maximum Gasteiger partial charge on any atom is 0.308 e. The fourth-order valence-corrected chi connectivity index (χ4v) is 6.83. The molecule has 1 saturated heterocycles. The highest BCUT2D eigenvalue weighted by atomic mass is 79.9. The lowest BCUT2D eigenvalue weighted by Crippen LogP contribution is -2.37. The first kappa shape index (κ1) is 21.5. The van der Waals surface area contributed by atoms with Gasteiger partial charge in [-0.25, -0.2) is 0 Å². The van der Waals surface area contributed by atoms with Crippen LogP contribution in [0, 0.1) is 30.6 Å². The van der Waals surface area contributed by atoms with Gasteiger partial charge in [-0.2, -0.15) is 0 Å². The largest absolute Gasteiger partial charge is 0.456 e. The van der Waals surface area contributed by atoms with Gasteiger partial charge in [-0.05, 0) is 36.8 Å². The molecule has 9 heteroatoms. The van der Waals surface area contributed by atoms with E-state index < -0.39 is 18.5 Å². The van der Waals surface area contributed by atoms with E-state index in [9.17, 15) is 19.2 Å². The van der Waals surface area contributed by atoms with Crippen LogP contribution in [0.5, 0.6) is 0 Å². The number of likely N-dealkylation sites (tertiary alicyclic amines) is 1. The van der Waals surface area contributed by atoms with Crippen LogP contribution < -0.4 is 5.32 Å². The first-order chi connectivity index (χ1) is 14.3. The Kier molecular flexibility index (Phi) is 6.03. The summed E-state index contributed by atoms with van der Waals surface area (Å²) in [6.07, 6.45) is 0.740. The highest BCUT2D eigenvalue weighted by Gasteiger charge is 2.66. The Balaban J connectivity index is 1.27. The number of amides is 3. The van der Waals surface area contributed by atoms with Gasteiger partial charge in [-0.1, -0.05) is 50.1 Å². The van der Waals surface area contributed by atoms with Gasteiger partial charge in [0, 0.05) is 21.9 Å². The predicted octanol–water partition coefficient (Wildman–Crippen LogP) is 2.64. The van der Waals surface area contributed by atoms with E-state index in [1.54, 1.807) is 12.1 Å². The van der Waals surface area contributed by atoms with E-state index in [0.29, 0.717) is 5.69 Å². The second kappa shape index (κ2) is 8.42. The molecule has 3 aliphatic rings. The van der Waals surface area contributed by atoms with Gasteiger partial charge in [0.15, 0.2) is 6.61 Å². The average Bonchev–Trinajstić information content (AvgIpc) is 3.32. The number of imide groups is 1. The van der Waals surface area contributed by atoms with Crippen molar-refractivity contribution in [2.24, 2.45) is 23.7 Å². The van der Waals surface area contributed by atoms with Crippen LogP contribution in [-0.4, -0.2) is 51.4 Å². The second-order valence-electron chi connectivity index (χ2n) is 8.11. The maximum atomic E-state index is 12.8. The summed E-state index contributed by atoms with van der Waals surface area (Å²) >= 11 is 7.30. The molecule has 0 unspecified atom stereocenters. The molecule has 2 saturated carbocycles. The lowest BCUT2D eigenvalue weighted by molar-refractivity contribution is -0.149. The molecule has 0 aromatic heterocycles. The van der Waals surface area contributed by atoms with Crippen LogP contribution in [-0.2, 0) is 23.9 Å². The molecule has 0 spiro atoms. The zero-order chi connectivity index (χ0) is 21.6. The Morgan fingerprint density at radius 1 is 1.10 bits per heavy atom. The van der Waals surface area contributed by atoms with Crippen LogP contribution in [0.3, 0.4) is 0 Å². The van der Waals surface area contributed by atoms with Crippen molar-refractivity contribution in [3.05, 3.63) is 29.8 Å². The third kappa shape index (κ3) is 3.70. The first-order valence-corrected chi connectivity index (χ1v) is 11.8. The number of aryl methyl sites for hydroxylation is 1. The first-order valence-electron chi connectivity index (χ1n) is 9.94. The monoisotopic (exact) mass is 540 g/mol. The molecule has 1 heterocycles. The number of ether oxygens (including phenoxy) is 1. The molecule has 0 radical (unpaired) electrons. The van der Waals surface area contributed by atoms with E-state index in [0.717, 1.165) is 12.0 Å². The molecule has 30 heavy (non-hydrogen) atoms. The molecule has 3 amide bonds. The van der Waals surface area contributed by atoms with Crippen molar-refractivity contribution in [3.63, 3.8) is 0 Å². The zero-order valence-corrected chi connectivity index (χ0v) is 19.5. The molecule has 4 rings (SSSR count). The number of hydrogen-bond acceptors (Lipinski definition) is 5. The molecule has 160 valence electrons. The molecule has 1 aromatic rings. The Hall–Kier alpha value is -1.74. The highest BCUT2D eigenvalue weighted by molar-refractivity contribution is 9.12. The Morgan fingerprint density at radius 3 is 2.30 bits per heavy atom. The van der Waals surface area contributed by atoms with E-state index in [4.69, 9.17) is 4.74 Å². The zero-order valence-electron chi connectivity index (χ0n) is 16.3. The quantitative estimate of drug-likeness (QED) is 0.339. The number of benzene rings is 1. The molecule has 1 N–H and O–H groups in total. The minimum Gasteiger partial charge on any atom is -0.456 e. The van der Waals surface area contributed by atoms with Crippen LogP contribution in [0.25, 0.3) is 0 Å². The molecule has 1 aromatic carbocycles. The summed E-state index contributed by atoms with van der Waals surface area (Å²) in [6, 6.07) is 7.29. The normalized spacial score (nSPS) is 31.8. The van der Waals surface area contributed by atoms with Crippen molar-refractivity contribution < 1.29 is 23.9 Å². The number of rotatable bonds is 6. The van der Waals surface area contributed by atoms with Gasteiger partial charge < -0.3 is 10.1 Å². The fraction of sp³-hybridized carbons (Fsp3) is 0.524. The lowest BCUT2D eigenvalue weighted by atomic mass is 9.81. The van der Waals surface area contributed by atoms with Crippen LogP contribution in [0.1, 0.15) is 18.4 Å². The molecular formula is C21H22Br2N2O5. The van der Waals surface area contributed by atoms with E-state index in [1.165, 1.54) is 4.90 Å². The van der Waals surface area contributed by atoms with Crippen molar-refractivity contribution in [2.75, 3.05) is 18.5 Å². The third-order valence-electron chi connectivity index (χ3n) is 6.40. The Bertz CT molecular complexity index is 875. The van der Waals surface area contributed by atoms with Gasteiger partial charge in [0.2, 0.25) is 11.8 Å². The number of carbonyl (C=O) groups excluding carboxylic acids is 4. The van der Waals surface area contributed by atoms with Crippen molar-refractivity contribution >= 4 is 61.2 Å². The number of nitrogens with one attached hydrogen (secondary N) is 1. The van der Waals surface area contributed by atoms with Gasteiger partial charge in [0.1, 0.15) is 0 Å². The van der Waals surface area contributed by atoms with E-state index in [2.05, 4.69) is 37.2 Å². The second-order valence-corrected chi connectivity index (χ2v) is 10.2. The topological polar surface area (TPSA) is 92.8 Å². The van der Waals surface area contributed by atoms with Gasteiger partial charge in [0.25, 0.3) is 5.91 Å². The lowest BCUT2D eigenvalue weighted by Gasteiger charge is -2.28. The summed E-state index contributed by atoms with van der Waals surface area (Å²) in [5.41, 5.74) is 1.56. The molecule has 2 bridgehead atoms. The summed E-state index contributed by atoms with van der Waals surface area (Å²) < 4.78 is 5.01. The van der Waals surface area contributed by atoms with E-state index in [1.807, 2.05) is 19.1 Å². The van der Waals surface area contributed by atoms with Crippen LogP contribution in [0.2, 0.25) is 0 Å². The number of fused-ring (bicyclic) bond motifs is 5. The highest BCUT2D eigenvalue weighted by Crippen LogP contribution is 2.60. The van der Waals surface area contributed by atoms with E-state index in [-0.39, 0.29) is 58.1 Å². The van der Waals surface area contributed by atoms with Gasteiger partial charge >= 0.3 is 5.97 Å². The minimum atomic E-state index is -0.618. The molecule has 1 aliphatic heterocycles. The summed E-state index contributed by atoms with van der Waals surface area (Å²) in [6.45, 7) is 1.44. The van der Waals surface area contributed by atoms with Crippen molar-refractivity contribution in [1.29, 1.82) is 0 Å². The fourth-order valence-electron chi connectivity index (χ4n) is 4.95.